The summed E-state index contributed by atoms with van der Waals surface area (Å²) in [6.07, 6.45) is 2.45. The monoisotopic (exact) mass is 254 g/mol. The Hall–Kier alpha value is -0.0305. The van der Waals surface area contributed by atoms with Crippen LogP contribution in [0.15, 0.2) is 0 Å². The Morgan fingerprint density at radius 2 is 2.08 bits per heavy atom. The molecule has 4 nitrogen and oxygen atoms in total. The van der Waals surface area contributed by atoms with Crippen molar-refractivity contribution in [2.45, 2.75) is 19.4 Å². The predicted molar refractivity (Wildman–Crippen MR) is 47.7 cm³/mol. The topological polar surface area (TPSA) is 69.4 Å². The Morgan fingerprint density at radius 1 is 1.54 bits per heavy atom. The second kappa shape index (κ2) is 8.56. The molecule has 1 radical (unpaired) electrons. The Balaban J connectivity index is 0. The van der Waals surface area contributed by atoms with E-state index in [2.05, 4.69) is 4.74 Å². The second-order valence-electron chi connectivity index (χ2n) is 2.30. The fourth-order valence-electron chi connectivity index (χ4n) is 0.580. The Morgan fingerprint density at radius 3 is 2.46 bits per heavy atom. The number of ether oxygens (including phenoxy) is 1. The molecule has 1 unspecified atom stereocenters. The number of thioether (sulfide) groups is 1. The van der Waals surface area contributed by atoms with Gasteiger partial charge >= 0.3 is 11.9 Å². The standard InChI is InChI=1S/C7H13NO3S.Cu/c1-5(9)11-7(10)6(8)3-4-12-2;/h6H,3-4,8H2,1-2H3;. The normalized spacial score (nSPS) is 11.3. The van der Waals surface area contributed by atoms with Gasteiger partial charge in [0.05, 0.1) is 0 Å². The minimum absolute atomic E-state index is 0. The Bertz CT molecular complexity index is 177. The number of hydrogen-bond donors (Lipinski definition) is 1. The molecule has 0 aliphatic heterocycles. The third-order valence-electron chi connectivity index (χ3n) is 1.18. The van der Waals surface area contributed by atoms with Crippen molar-refractivity contribution in [3.63, 3.8) is 0 Å². The summed E-state index contributed by atoms with van der Waals surface area (Å²) in [5.74, 6) is -0.468. The number of rotatable bonds is 4. The molecule has 0 heterocycles. The first-order chi connectivity index (χ1) is 5.57. The van der Waals surface area contributed by atoms with Gasteiger partial charge in [0.1, 0.15) is 6.04 Å². The molecule has 0 saturated carbocycles. The zero-order valence-electron chi connectivity index (χ0n) is 7.50. The summed E-state index contributed by atoms with van der Waals surface area (Å²) >= 11 is 1.59. The van der Waals surface area contributed by atoms with Gasteiger partial charge < -0.3 is 10.5 Å². The molecule has 0 spiro atoms. The van der Waals surface area contributed by atoms with Crippen LogP contribution < -0.4 is 5.73 Å². The predicted octanol–water partition coefficient (Wildman–Crippen LogP) is 0.154. The molecule has 0 aromatic carbocycles. The van der Waals surface area contributed by atoms with Crippen LogP contribution in [0.3, 0.4) is 0 Å². The average molecular weight is 255 g/mol. The van der Waals surface area contributed by atoms with Crippen LogP contribution in [0, 0.1) is 0 Å². The summed E-state index contributed by atoms with van der Waals surface area (Å²) in [6, 6.07) is -0.679. The molecule has 0 rings (SSSR count). The molecule has 0 saturated heterocycles. The van der Waals surface area contributed by atoms with Gasteiger partial charge in [-0.3, -0.25) is 4.79 Å². The van der Waals surface area contributed by atoms with Crippen molar-refractivity contribution in [3.05, 3.63) is 0 Å². The number of hydrogen-bond acceptors (Lipinski definition) is 5. The van der Waals surface area contributed by atoms with Gasteiger partial charge in [0.2, 0.25) is 0 Å². The summed E-state index contributed by atoms with van der Waals surface area (Å²) in [6.45, 7) is 1.18. The van der Waals surface area contributed by atoms with Crippen LogP contribution in [0.4, 0.5) is 0 Å². The van der Waals surface area contributed by atoms with Crippen LogP contribution in [0.2, 0.25) is 0 Å². The third kappa shape index (κ3) is 8.30. The minimum atomic E-state index is -0.679. The van der Waals surface area contributed by atoms with Crippen LogP contribution >= 0.6 is 11.8 Å². The quantitative estimate of drug-likeness (QED) is 0.440. The van der Waals surface area contributed by atoms with E-state index in [1.807, 2.05) is 6.26 Å². The van der Waals surface area contributed by atoms with Gasteiger partial charge in [-0.2, -0.15) is 11.8 Å². The smallest absolute Gasteiger partial charge is 0.330 e. The summed E-state index contributed by atoms with van der Waals surface area (Å²) in [7, 11) is 0. The van der Waals surface area contributed by atoms with Gasteiger partial charge in [-0.05, 0) is 18.4 Å². The summed E-state index contributed by atoms with van der Waals surface area (Å²) < 4.78 is 4.30. The molecule has 0 aromatic rings. The van der Waals surface area contributed by atoms with E-state index in [4.69, 9.17) is 5.73 Å². The molecule has 0 aliphatic carbocycles. The Kier molecular flexibility index (Phi) is 10.2. The first-order valence-corrected chi connectivity index (χ1v) is 4.94. The summed E-state index contributed by atoms with van der Waals surface area (Å²) in [4.78, 5) is 21.2. The van der Waals surface area contributed by atoms with E-state index in [1.165, 1.54) is 6.92 Å². The van der Waals surface area contributed by atoms with Gasteiger partial charge in [-0.25, -0.2) is 4.79 Å². The molecular weight excluding hydrogens is 242 g/mol. The van der Waals surface area contributed by atoms with E-state index < -0.39 is 18.0 Å². The summed E-state index contributed by atoms with van der Waals surface area (Å²) in [5.41, 5.74) is 5.41. The van der Waals surface area contributed by atoms with E-state index in [1.54, 1.807) is 11.8 Å². The average Bonchev–Trinajstić information content (AvgIpc) is 1.98. The molecule has 0 fully saturated rings. The van der Waals surface area contributed by atoms with Crippen LogP contribution in [-0.4, -0.2) is 30.0 Å². The van der Waals surface area contributed by atoms with Gasteiger partial charge in [0, 0.05) is 24.0 Å². The molecule has 2 N–H and O–H groups in total. The molecule has 0 bridgehead atoms. The van der Waals surface area contributed by atoms with Crippen molar-refractivity contribution in [2.75, 3.05) is 12.0 Å². The van der Waals surface area contributed by atoms with Crippen molar-refractivity contribution >= 4 is 23.7 Å². The molecule has 0 amide bonds. The molecular formula is C7H13CuNO3S. The van der Waals surface area contributed by atoms with Crippen LogP contribution in [0.25, 0.3) is 0 Å². The van der Waals surface area contributed by atoms with Crippen LogP contribution in [0.1, 0.15) is 13.3 Å². The van der Waals surface area contributed by atoms with Crippen molar-refractivity contribution in [3.8, 4) is 0 Å². The summed E-state index contributed by atoms with van der Waals surface area (Å²) in [5, 5.41) is 0. The third-order valence-corrected chi connectivity index (χ3v) is 1.82. The maximum atomic E-state index is 10.9. The van der Waals surface area contributed by atoms with Gasteiger partial charge in [-0.1, -0.05) is 0 Å². The number of nitrogens with two attached hydrogens (primary N) is 1. The van der Waals surface area contributed by atoms with E-state index in [0.29, 0.717) is 6.42 Å². The zero-order valence-corrected chi connectivity index (χ0v) is 9.26. The van der Waals surface area contributed by atoms with Crippen LogP contribution in [0.5, 0.6) is 0 Å². The SMILES string of the molecule is CSCCC(N)C(=O)OC(C)=O.[Cu]. The largest absolute Gasteiger partial charge is 0.392 e. The van der Waals surface area contributed by atoms with Gasteiger partial charge in [-0.15, -0.1) is 0 Å². The fraction of sp³-hybridized carbons (Fsp3) is 0.714. The van der Waals surface area contributed by atoms with Crippen molar-refractivity contribution < 1.29 is 31.4 Å². The van der Waals surface area contributed by atoms with Crippen LogP contribution in [-0.2, 0) is 31.4 Å². The van der Waals surface area contributed by atoms with Gasteiger partial charge in [0.25, 0.3) is 0 Å². The van der Waals surface area contributed by atoms with Crippen molar-refractivity contribution in [1.29, 1.82) is 0 Å². The number of carbonyl (C=O) groups excluding carboxylic acids is 2. The van der Waals surface area contributed by atoms with Crippen molar-refractivity contribution in [1.82, 2.24) is 0 Å². The molecule has 13 heavy (non-hydrogen) atoms. The second-order valence-corrected chi connectivity index (χ2v) is 3.29. The number of esters is 2. The van der Waals surface area contributed by atoms with E-state index in [-0.39, 0.29) is 17.1 Å². The van der Waals surface area contributed by atoms with Gasteiger partial charge in [0.15, 0.2) is 0 Å². The molecule has 1 atom stereocenters. The van der Waals surface area contributed by atoms with E-state index in [0.717, 1.165) is 5.75 Å². The molecule has 0 aliphatic rings. The fourth-order valence-corrected chi connectivity index (χ4v) is 1.07. The molecule has 6 heteroatoms. The first kappa shape index (κ1) is 15.4. The van der Waals surface area contributed by atoms with Crippen molar-refractivity contribution in [2.24, 2.45) is 5.73 Å². The maximum absolute atomic E-state index is 10.9. The first-order valence-electron chi connectivity index (χ1n) is 3.54. The Labute approximate surface area is 92.4 Å². The minimum Gasteiger partial charge on any atom is -0.392 e. The van der Waals surface area contributed by atoms with E-state index >= 15 is 0 Å². The number of carbonyl (C=O) groups is 2. The molecule has 0 aromatic heterocycles. The maximum Gasteiger partial charge on any atom is 0.330 e. The molecule has 81 valence electrons. The zero-order chi connectivity index (χ0) is 9.56. The van der Waals surface area contributed by atoms with E-state index in [9.17, 15) is 9.59 Å².